The van der Waals surface area contributed by atoms with Gasteiger partial charge in [0.05, 0.1) is 11.6 Å². The number of carbonyl (C=O) groups excluding carboxylic acids is 2. The van der Waals surface area contributed by atoms with Gasteiger partial charge in [0.25, 0.3) is 5.78 Å². The van der Waals surface area contributed by atoms with Crippen LogP contribution in [-0.2, 0) is 21.9 Å². The van der Waals surface area contributed by atoms with Crippen LogP contribution in [0.5, 0.6) is 5.75 Å². The minimum atomic E-state index is -0.905. The number of aliphatic hydroxyl groups excluding tert-OH is 1. The highest BCUT2D eigenvalue weighted by Gasteiger charge is 2.48. The van der Waals surface area contributed by atoms with Gasteiger partial charge in [0.15, 0.2) is 4.34 Å². The molecule has 0 bridgehead atoms. The van der Waals surface area contributed by atoms with Gasteiger partial charge in [-0.2, -0.15) is 0 Å². The molecule has 1 aliphatic heterocycles. The molecule has 0 spiro atoms. The largest absolute Gasteiger partial charge is 0.507 e. The van der Waals surface area contributed by atoms with Gasteiger partial charge in [0, 0.05) is 23.7 Å². The molecule has 3 aromatic carbocycles. The molecule has 0 saturated carbocycles. The number of amides is 1. The Morgan fingerprint density at radius 2 is 1.66 bits per heavy atom. The number of aliphatic hydroxyl groups is 1. The molecule has 5 aromatic rings. The number of rotatable bonds is 9. The van der Waals surface area contributed by atoms with Gasteiger partial charge < -0.3 is 9.84 Å². The zero-order valence-electron chi connectivity index (χ0n) is 24.0. The molecule has 3 heterocycles. The quantitative estimate of drug-likeness (QED) is 0.0615. The summed E-state index contributed by atoms with van der Waals surface area (Å²) in [7, 11) is 0. The van der Waals surface area contributed by atoms with Crippen molar-refractivity contribution in [1.29, 1.82) is 0 Å². The second-order valence-electron chi connectivity index (χ2n) is 10.3. The van der Waals surface area contributed by atoms with E-state index in [9.17, 15) is 14.7 Å². The highest BCUT2D eigenvalue weighted by Crippen LogP contribution is 2.44. The van der Waals surface area contributed by atoms with Crippen LogP contribution in [0.15, 0.2) is 107 Å². The number of hydrogen-bond acceptors (Lipinski definition) is 9. The van der Waals surface area contributed by atoms with Crippen LogP contribution in [0.3, 0.4) is 0 Å². The molecular formula is C34H28N4O4S2. The fourth-order valence-corrected chi connectivity index (χ4v) is 6.70. The van der Waals surface area contributed by atoms with E-state index in [1.807, 2.05) is 38.1 Å². The molecule has 1 fully saturated rings. The van der Waals surface area contributed by atoms with Crippen LogP contribution in [0.4, 0.5) is 5.13 Å². The Balaban J connectivity index is 1.28. The molecule has 0 radical (unpaired) electrons. The van der Waals surface area contributed by atoms with Crippen LogP contribution >= 0.6 is 23.1 Å². The van der Waals surface area contributed by atoms with E-state index in [-0.39, 0.29) is 16.5 Å². The molecule has 2 aromatic heterocycles. The average molecular weight is 621 g/mol. The normalized spacial score (nSPS) is 16.0. The predicted molar refractivity (Wildman–Crippen MR) is 172 cm³/mol. The van der Waals surface area contributed by atoms with E-state index < -0.39 is 17.7 Å². The maximum atomic E-state index is 13.5. The maximum absolute atomic E-state index is 13.5. The second-order valence-corrected chi connectivity index (χ2v) is 12.5. The van der Waals surface area contributed by atoms with Crippen molar-refractivity contribution in [3.63, 3.8) is 0 Å². The summed E-state index contributed by atoms with van der Waals surface area (Å²) < 4.78 is 6.61. The van der Waals surface area contributed by atoms with Crippen LogP contribution in [0.2, 0.25) is 0 Å². The highest BCUT2D eigenvalue weighted by atomic mass is 32.2. The van der Waals surface area contributed by atoms with Crippen molar-refractivity contribution in [1.82, 2.24) is 15.2 Å². The summed E-state index contributed by atoms with van der Waals surface area (Å²) in [5.74, 6) is -0.560. The number of nitrogens with zero attached hydrogens (tertiary/aromatic N) is 4. The van der Waals surface area contributed by atoms with Crippen molar-refractivity contribution in [2.24, 2.45) is 0 Å². The van der Waals surface area contributed by atoms with Gasteiger partial charge in [-0.1, -0.05) is 77.2 Å². The fourth-order valence-electron chi connectivity index (χ4n) is 4.88. The first kappa shape index (κ1) is 29.3. The Kier molecular flexibility index (Phi) is 8.53. The zero-order chi connectivity index (χ0) is 30.6. The summed E-state index contributed by atoms with van der Waals surface area (Å²) in [6.07, 6.45) is 3.16. The number of hydrogen-bond donors (Lipinski definition) is 1. The van der Waals surface area contributed by atoms with Crippen molar-refractivity contribution in [3.05, 3.63) is 136 Å². The summed E-state index contributed by atoms with van der Waals surface area (Å²) in [6.45, 7) is 4.47. The number of benzene rings is 3. The third kappa shape index (κ3) is 6.13. The summed E-state index contributed by atoms with van der Waals surface area (Å²) in [4.78, 5) is 32.4. The fraction of sp³-hybridized carbons (Fsp3) is 0.147. The van der Waals surface area contributed by atoms with Crippen molar-refractivity contribution in [2.75, 3.05) is 4.90 Å². The number of aryl methyl sites for hydroxylation is 2. The molecule has 10 heteroatoms. The van der Waals surface area contributed by atoms with Crippen LogP contribution < -0.4 is 9.64 Å². The number of ketones is 1. The van der Waals surface area contributed by atoms with Gasteiger partial charge in [0.2, 0.25) is 5.13 Å². The molecule has 1 N–H and O–H groups in total. The third-order valence-corrected chi connectivity index (χ3v) is 9.46. The first-order valence-electron chi connectivity index (χ1n) is 13.9. The Morgan fingerprint density at radius 1 is 0.932 bits per heavy atom. The molecule has 1 atom stereocenters. The molecule has 44 heavy (non-hydrogen) atoms. The highest BCUT2D eigenvalue weighted by molar-refractivity contribution is 8.00. The monoisotopic (exact) mass is 620 g/mol. The van der Waals surface area contributed by atoms with Gasteiger partial charge in [-0.15, -0.1) is 10.2 Å². The van der Waals surface area contributed by atoms with Crippen LogP contribution in [-0.4, -0.2) is 32.0 Å². The van der Waals surface area contributed by atoms with E-state index in [2.05, 4.69) is 39.4 Å². The zero-order valence-corrected chi connectivity index (χ0v) is 25.6. The minimum Gasteiger partial charge on any atom is -0.507 e. The van der Waals surface area contributed by atoms with Crippen LogP contribution in [0.25, 0.3) is 5.76 Å². The van der Waals surface area contributed by atoms with E-state index >= 15 is 0 Å². The number of Topliss-reactive ketones (excluding diaryl/α,β-unsaturated/α-hetero) is 1. The minimum absolute atomic E-state index is 0.0289. The summed E-state index contributed by atoms with van der Waals surface area (Å²) in [6, 6.07) is 25.6. The number of carbonyl (C=O) groups is 2. The molecule has 1 saturated heterocycles. The van der Waals surface area contributed by atoms with E-state index in [1.54, 1.807) is 48.8 Å². The van der Waals surface area contributed by atoms with E-state index in [0.717, 1.165) is 16.7 Å². The molecule has 8 nitrogen and oxygen atoms in total. The molecule has 1 amide bonds. The van der Waals surface area contributed by atoms with Gasteiger partial charge in [-0.25, -0.2) is 0 Å². The van der Waals surface area contributed by atoms with Crippen molar-refractivity contribution in [2.45, 2.75) is 36.6 Å². The number of anilines is 1. The molecule has 6 rings (SSSR count). The van der Waals surface area contributed by atoms with E-state index in [0.29, 0.717) is 33.6 Å². The average Bonchev–Trinajstić information content (AvgIpc) is 3.62. The third-order valence-electron chi connectivity index (χ3n) is 7.33. The number of thioether (sulfide) groups is 1. The Bertz CT molecular complexity index is 1840. The lowest BCUT2D eigenvalue weighted by atomic mass is 9.96. The predicted octanol–water partition coefficient (Wildman–Crippen LogP) is 7.05. The SMILES string of the molecule is Cc1ccc(CSc2nnc(N3C(=O)C(=O)/C(=C(/O)c4ccc(OCc5ccccc5C)cc4)C3c3ccncc3)s2)cc1. The lowest BCUT2D eigenvalue weighted by molar-refractivity contribution is -0.132. The molecule has 0 aliphatic carbocycles. The number of ether oxygens (including phenoxy) is 1. The van der Waals surface area contributed by atoms with Gasteiger partial charge >= 0.3 is 5.91 Å². The molecule has 1 aliphatic rings. The topological polar surface area (TPSA) is 106 Å². The smallest absolute Gasteiger partial charge is 0.301 e. The van der Waals surface area contributed by atoms with Crippen LogP contribution in [0.1, 0.15) is 39.4 Å². The van der Waals surface area contributed by atoms with E-state index in [1.165, 1.54) is 33.6 Å². The summed E-state index contributed by atoms with van der Waals surface area (Å²) in [5, 5.41) is 20.3. The second kappa shape index (κ2) is 12.8. The first-order valence-corrected chi connectivity index (χ1v) is 15.7. The van der Waals surface area contributed by atoms with E-state index in [4.69, 9.17) is 4.74 Å². The summed E-state index contributed by atoms with van der Waals surface area (Å²) in [5.41, 5.74) is 5.51. The van der Waals surface area contributed by atoms with Crippen molar-refractivity contribution >= 4 is 45.7 Å². The Hall–Kier alpha value is -4.80. The van der Waals surface area contributed by atoms with Gasteiger partial charge in [-0.05, 0) is 72.5 Å². The molecule has 220 valence electrons. The number of aromatic nitrogens is 3. The first-order chi connectivity index (χ1) is 21.4. The van der Waals surface area contributed by atoms with Gasteiger partial charge in [0.1, 0.15) is 18.1 Å². The van der Waals surface area contributed by atoms with Gasteiger partial charge in [-0.3, -0.25) is 19.5 Å². The summed E-state index contributed by atoms with van der Waals surface area (Å²) >= 11 is 2.74. The Morgan fingerprint density at radius 3 is 2.39 bits per heavy atom. The van der Waals surface area contributed by atoms with Crippen LogP contribution in [0, 0.1) is 13.8 Å². The number of pyridine rings is 1. The van der Waals surface area contributed by atoms with Crippen molar-refractivity contribution in [3.8, 4) is 5.75 Å². The molecule has 1 unspecified atom stereocenters. The lowest BCUT2D eigenvalue weighted by Crippen LogP contribution is -2.29. The maximum Gasteiger partial charge on any atom is 0.301 e. The molecular weight excluding hydrogens is 593 g/mol. The van der Waals surface area contributed by atoms with Crippen molar-refractivity contribution < 1.29 is 19.4 Å². The lowest BCUT2D eigenvalue weighted by Gasteiger charge is -2.22. The standard InChI is InChI=1S/C34H28N4O4S2/c1-21-7-9-23(10-8-21)20-43-34-37-36-33(44-34)38-29(24-15-17-35-18-16-24)28(31(40)32(38)41)30(39)25-11-13-27(14-12-25)42-19-26-6-4-3-5-22(26)2/h3-18,29,39H,19-20H2,1-2H3/b30-28+. The Labute approximate surface area is 263 Å².